The van der Waals surface area contributed by atoms with Crippen LogP contribution < -0.4 is 10.6 Å². The number of hydrogen-bond acceptors (Lipinski definition) is 6. The molecular weight excluding hydrogens is 536 g/mol. The summed E-state index contributed by atoms with van der Waals surface area (Å²) in [5.41, 5.74) is 13.5. The van der Waals surface area contributed by atoms with Gasteiger partial charge in [-0.15, -0.1) is 0 Å². The number of carbonyl (C=O) groups excluding carboxylic acids is 2. The molecule has 1 saturated carbocycles. The topological polar surface area (TPSA) is 109 Å². The Labute approximate surface area is 253 Å². The molecule has 3 N–H and O–H groups in total. The highest BCUT2D eigenvalue weighted by atomic mass is 16.2. The SMILES string of the molecule is CCc1cc2c(cc1N1CCN(C(=O)CCCN3C[C@H](N)C4(CC4)C3)CC1)C(C)(C)c1[nH]c3cc(C#N)ccc3c1C2=O. The summed E-state index contributed by atoms with van der Waals surface area (Å²) < 4.78 is 0. The zero-order valence-electron chi connectivity index (χ0n) is 25.6. The first kappa shape index (κ1) is 28.1. The molecule has 1 spiro atoms. The lowest BCUT2D eigenvalue weighted by Gasteiger charge is -2.39. The zero-order chi connectivity index (χ0) is 30.1. The fourth-order valence-electron chi connectivity index (χ4n) is 7.92. The number of ketones is 1. The number of aryl methyl sites for hydroxylation is 1. The van der Waals surface area contributed by atoms with Gasteiger partial charge in [0.05, 0.1) is 17.2 Å². The zero-order valence-corrected chi connectivity index (χ0v) is 25.6. The number of nitrogens with two attached hydrogens (primary N) is 1. The number of carbonyl (C=O) groups is 2. The summed E-state index contributed by atoms with van der Waals surface area (Å²) >= 11 is 0. The molecule has 2 aliphatic carbocycles. The lowest BCUT2D eigenvalue weighted by atomic mass is 9.70. The van der Waals surface area contributed by atoms with E-state index in [1.165, 1.54) is 18.5 Å². The number of benzene rings is 2. The first-order valence-corrected chi connectivity index (χ1v) is 15.9. The van der Waals surface area contributed by atoms with Gasteiger partial charge in [0.25, 0.3) is 0 Å². The third-order valence-electron chi connectivity index (χ3n) is 10.8. The van der Waals surface area contributed by atoms with Gasteiger partial charge in [-0.1, -0.05) is 26.8 Å². The molecule has 2 saturated heterocycles. The van der Waals surface area contributed by atoms with E-state index in [9.17, 15) is 14.9 Å². The number of nitrogens with one attached hydrogen (secondary N) is 1. The molecular formula is C35H42N6O2. The molecule has 0 radical (unpaired) electrons. The van der Waals surface area contributed by atoms with Crippen molar-refractivity contribution < 1.29 is 9.59 Å². The molecule has 8 nitrogen and oxygen atoms in total. The predicted molar refractivity (Wildman–Crippen MR) is 169 cm³/mol. The number of aromatic amines is 1. The lowest BCUT2D eigenvalue weighted by molar-refractivity contribution is -0.131. The summed E-state index contributed by atoms with van der Waals surface area (Å²) in [5.74, 6) is 0.295. The largest absolute Gasteiger partial charge is 0.368 e. The van der Waals surface area contributed by atoms with E-state index in [4.69, 9.17) is 5.73 Å². The minimum atomic E-state index is -0.415. The van der Waals surface area contributed by atoms with Crippen molar-refractivity contribution >= 4 is 28.3 Å². The van der Waals surface area contributed by atoms with Crippen LogP contribution >= 0.6 is 0 Å². The molecule has 1 amide bonds. The molecule has 43 heavy (non-hydrogen) atoms. The molecule has 1 aromatic heterocycles. The minimum Gasteiger partial charge on any atom is -0.368 e. The monoisotopic (exact) mass is 578 g/mol. The standard InChI is InChI=1S/C35H42N6O2/c1-4-23-17-25-26(34(2,3)33-31(32(25)43)24-8-7-22(19-36)16-27(24)38-33)18-28(23)40-12-14-41(15-13-40)30(42)6-5-11-39-20-29(37)35(21-39)9-10-35/h7-8,16-18,29,38H,4-6,9-15,20-21,37H2,1-3H3/t29-/m0/s1. The Balaban J connectivity index is 1.06. The van der Waals surface area contributed by atoms with Crippen LogP contribution in [-0.4, -0.2) is 78.3 Å². The smallest absolute Gasteiger partial charge is 0.222 e. The van der Waals surface area contributed by atoms with Gasteiger partial charge in [-0.05, 0) is 73.0 Å². The van der Waals surface area contributed by atoms with Crippen molar-refractivity contribution in [1.82, 2.24) is 14.8 Å². The van der Waals surface area contributed by atoms with E-state index >= 15 is 0 Å². The number of amides is 1. The van der Waals surface area contributed by atoms with Crippen LogP contribution in [0.25, 0.3) is 10.9 Å². The number of hydrogen-bond donors (Lipinski definition) is 2. The van der Waals surface area contributed by atoms with Crippen LogP contribution in [0.4, 0.5) is 5.69 Å². The molecule has 0 unspecified atom stereocenters. The molecule has 3 heterocycles. The lowest BCUT2D eigenvalue weighted by Crippen LogP contribution is -2.49. The maximum absolute atomic E-state index is 14.0. The second kappa shape index (κ2) is 10.2. The van der Waals surface area contributed by atoms with Crippen molar-refractivity contribution in [3.05, 3.63) is 63.8 Å². The van der Waals surface area contributed by atoms with Crippen molar-refractivity contribution in [1.29, 1.82) is 5.26 Å². The van der Waals surface area contributed by atoms with E-state index in [-0.39, 0.29) is 11.7 Å². The first-order chi connectivity index (χ1) is 20.6. The summed E-state index contributed by atoms with van der Waals surface area (Å²) in [6.45, 7) is 12.5. The fourth-order valence-corrected chi connectivity index (χ4v) is 7.92. The van der Waals surface area contributed by atoms with Gasteiger partial charge in [-0.25, -0.2) is 0 Å². The Kier molecular flexibility index (Phi) is 6.68. The predicted octanol–water partition coefficient (Wildman–Crippen LogP) is 4.32. The Morgan fingerprint density at radius 3 is 2.58 bits per heavy atom. The highest BCUT2D eigenvalue weighted by Gasteiger charge is 2.53. The van der Waals surface area contributed by atoms with Gasteiger partial charge in [0.15, 0.2) is 5.78 Å². The van der Waals surface area contributed by atoms with E-state index < -0.39 is 5.41 Å². The van der Waals surface area contributed by atoms with Gasteiger partial charge in [0, 0.05) is 85.0 Å². The third kappa shape index (κ3) is 4.56. The average Bonchev–Trinajstić information content (AvgIpc) is 3.59. The number of likely N-dealkylation sites (tertiary alicyclic amines) is 1. The normalized spacial score (nSPS) is 22.1. The van der Waals surface area contributed by atoms with E-state index in [0.717, 1.165) is 84.4 Å². The first-order valence-electron chi connectivity index (χ1n) is 15.9. The molecule has 4 aliphatic rings. The van der Waals surface area contributed by atoms with E-state index in [0.29, 0.717) is 36.5 Å². The fraction of sp³-hybridized carbons (Fsp3) is 0.514. The number of H-pyrrole nitrogens is 1. The van der Waals surface area contributed by atoms with Crippen molar-refractivity contribution in [3.63, 3.8) is 0 Å². The molecule has 7 rings (SSSR count). The number of nitriles is 1. The van der Waals surface area contributed by atoms with Crippen molar-refractivity contribution in [3.8, 4) is 6.07 Å². The number of fused-ring (bicyclic) bond motifs is 4. The van der Waals surface area contributed by atoms with E-state index in [1.807, 2.05) is 17.0 Å². The van der Waals surface area contributed by atoms with Crippen LogP contribution in [0.1, 0.15) is 84.8 Å². The van der Waals surface area contributed by atoms with Crippen LogP contribution in [-0.2, 0) is 16.6 Å². The molecule has 2 aromatic carbocycles. The van der Waals surface area contributed by atoms with Crippen molar-refractivity contribution in [2.45, 2.75) is 64.3 Å². The second-order valence-electron chi connectivity index (χ2n) is 13.8. The molecule has 224 valence electrons. The average molecular weight is 579 g/mol. The van der Waals surface area contributed by atoms with Gasteiger partial charge in [0.1, 0.15) is 0 Å². The Bertz CT molecular complexity index is 1670. The number of nitrogens with zero attached hydrogens (tertiary/aromatic N) is 4. The molecule has 1 atom stereocenters. The van der Waals surface area contributed by atoms with Crippen LogP contribution in [0.15, 0.2) is 30.3 Å². The summed E-state index contributed by atoms with van der Waals surface area (Å²) in [4.78, 5) is 37.4. The maximum Gasteiger partial charge on any atom is 0.222 e. The third-order valence-corrected chi connectivity index (χ3v) is 10.8. The number of piperazine rings is 1. The van der Waals surface area contributed by atoms with Crippen LogP contribution in [0.3, 0.4) is 0 Å². The van der Waals surface area contributed by atoms with Gasteiger partial charge in [-0.3, -0.25) is 9.59 Å². The van der Waals surface area contributed by atoms with E-state index in [2.05, 4.69) is 53.8 Å². The van der Waals surface area contributed by atoms with Crippen LogP contribution in [0.2, 0.25) is 0 Å². The number of aromatic nitrogens is 1. The quantitative estimate of drug-likeness (QED) is 0.451. The summed E-state index contributed by atoms with van der Waals surface area (Å²) in [7, 11) is 0. The Morgan fingerprint density at radius 2 is 1.91 bits per heavy atom. The Hall–Kier alpha value is -3.67. The molecule has 3 aromatic rings. The van der Waals surface area contributed by atoms with Crippen LogP contribution in [0.5, 0.6) is 0 Å². The highest BCUT2D eigenvalue weighted by Crippen LogP contribution is 2.52. The van der Waals surface area contributed by atoms with Gasteiger partial charge < -0.3 is 25.4 Å². The van der Waals surface area contributed by atoms with Gasteiger partial charge >= 0.3 is 0 Å². The Morgan fingerprint density at radius 1 is 1.14 bits per heavy atom. The van der Waals surface area contributed by atoms with Crippen molar-refractivity contribution in [2.24, 2.45) is 11.1 Å². The molecule has 2 aliphatic heterocycles. The van der Waals surface area contributed by atoms with Crippen molar-refractivity contribution in [2.75, 3.05) is 50.7 Å². The maximum atomic E-state index is 14.0. The summed E-state index contributed by atoms with van der Waals surface area (Å²) in [6, 6.07) is 12.3. The summed E-state index contributed by atoms with van der Waals surface area (Å²) in [6.07, 6.45) is 4.84. The molecule has 0 bridgehead atoms. The second-order valence-corrected chi connectivity index (χ2v) is 13.8. The van der Waals surface area contributed by atoms with Gasteiger partial charge in [-0.2, -0.15) is 5.26 Å². The number of rotatable bonds is 6. The van der Waals surface area contributed by atoms with Gasteiger partial charge in [0.2, 0.25) is 5.91 Å². The molecule has 3 fully saturated rings. The summed E-state index contributed by atoms with van der Waals surface area (Å²) in [5, 5.41) is 10.3. The van der Waals surface area contributed by atoms with E-state index in [1.54, 1.807) is 6.07 Å². The minimum absolute atomic E-state index is 0.0418. The highest BCUT2D eigenvalue weighted by molar-refractivity contribution is 6.20. The molecule has 8 heteroatoms. The van der Waals surface area contributed by atoms with Crippen LogP contribution in [0, 0.1) is 16.7 Å². The number of anilines is 1.